The molecule has 1 N–H and O–H groups in total. The molecule has 0 atom stereocenters. The summed E-state index contributed by atoms with van der Waals surface area (Å²) in [5, 5.41) is 2.80. The lowest BCUT2D eigenvalue weighted by atomic mass is 10.1. The number of fused-ring (bicyclic) bond motifs is 1. The van der Waals surface area contributed by atoms with E-state index >= 15 is 0 Å². The first kappa shape index (κ1) is 24.9. The van der Waals surface area contributed by atoms with Crippen LogP contribution in [0.2, 0.25) is 0 Å². The zero-order chi connectivity index (χ0) is 26.4. The van der Waals surface area contributed by atoms with Crippen molar-refractivity contribution in [3.8, 4) is 0 Å². The highest BCUT2D eigenvalue weighted by molar-refractivity contribution is 7.90. The van der Waals surface area contributed by atoms with Gasteiger partial charge in [0.2, 0.25) is 0 Å². The van der Waals surface area contributed by atoms with Gasteiger partial charge in [0.05, 0.1) is 16.0 Å². The van der Waals surface area contributed by atoms with Crippen LogP contribution in [0, 0.1) is 0 Å². The number of hydrogen-bond acceptors (Lipinski definition) is 5. The summed E-state index contributed by atoms with van der Waals surface area (Å²) in [5.74, 6) is 0.333. The van der Waals surface area contributed by atoms with Gasteiger partial charge in [-0.05, 0) is 54.3 Å². The van der Waals surface area contributed by atoms with Gasteiger partial charge in [0.25, 0.3) is 5.91 Å². The molecule has 5 rings (SSSR count). The maximum atomic E-state index is 12.9. The molecule has 2 aromatic carbocycles. The third-order valence-corrected chi connectivity index (χ3v) is 7.35. The van der Waals surface area contributed by atoms with Gasteiger partial charge in [-0.1, -0.05) is 24.3 Å². The van der Waals surface area contributed by atoms with Gasteiger partial charge >= 0.3 is 6.18 Å². The van der Waals surface area contributed by atoms with Gasteiger partial charge in [-0.25, -0.2) is 18.4 Å². The second-order valence-electron chi connectivity index (χ2n) is 9.17. The van der Waals surface area contributed by atoms with Gasteiger partial charge in [-0.2, -0.15) is 13.2 Å². The van der Waals surface area contributed by atoms with E-state index < -0.39 is 21.6 Å². The van der Waals surface area contributed by atoms with Crippen LogP contribution in [0.5, 0.6) is 0 Å². The molecule has 0 aliphatic heterocycles. The zero-order valence-electron chi connectivity index (χ0n) is 19.8. The third kappa shape index (κ3) is 5.51. The molecule has 37 heavy (non-hydrogen) atoms. The molecule has 1 aliphatic carbocycles. The Balaban J connectivity index is 1.34. The molecule has 1 aliphatic rings. The molecule has 0 unspecified atom stereocenters. The van der Waals surface area contributed by atoms with Gasteiger partial charge < -0.3 is 9.88 Å². The molecule has 2 heterocycles. The highest BCUT2D eigenvalue weighted by Gasteiger charge is 2.31. The first-order valence-electron chi connectivity index (χ1n) is 11.6. The Morgan fingerprint density at radius 2 is 1.70 bits per heavy atom. The van der Waals surface area contributed by atoms with E-state index in [-0.39, 0.29) is 23.4 Å². The van der Waals surface area contributed by atoms with Crippen LogP contribution >= 0.6 is 0 Å². The number of carbonyl (C=O) groups excluding carboxylic acids is 1. The molecule has 4 aromatic rings. The van der Waals surface area contributed by atoms with Gasteiger partial charge in [-0.15, -0.1) is 0 Å². The highest BCUT2D eigenvalue weighted by atomic mass is 32.2. The van der Waals surface area contributed by atoms with Crippen LogP contribution in [0.15, 0.2) is 65.7 Å². The van der Waals surface area contributed by atoms with Gasteiger partial charge in [0, 0.05) is 31.5 Å². The highest BCUT2D eigenvalue weighted by Crippen LogP contribution is 2.39. The van der Waals surface area contributed by atoms with Crippen LogP contribution in [0.4, 0.5) is 13.2 Å². The lowest BCUT2D eigenvalue weighted by Crippen LogP contribution is -2.23. The Morgan fingerprint density at radius 3 is 2.30 bits per heavy atom. The van der Waals surface area contributed by atoms with E-state index in [2.05, 4.69) is 15.3 Å². The summed E-state index contributed by atoms with van der Waals surface area (Å²) in [6.07, 6.45) is 0.497. The molecule has 0 saturated heterocycles. The van der Waals surface area contributed by atoms with E-state index in [1.54, 1.807) is 18.2 Å². The Kier molecular flexibility index (Phi) is 6.26. The summed E-state index contributed by atoms with van der Waals surface area (Å²) >= 11 is 0. The van der Waals surface area contributed by atoms with E-state index in [9.17, 15) is 26.4 Å². The van der Waals surface area contributed by atoms with Gasteiger partial charge in [0.15, 0.2) is 15.5 Å². The van der Waals surface area contributed by atoms with Crippen molar-refractivity contribution >= 4 is 26.9 Å². The Bertz CT molecular complexity index is 1570. The minimum atomic E-state index is -4.39. The number of aromatic nitrogens is 3. The average Bonchev–Trinajstić information content (AvgIpc) is 3.62. The Labute approximate surface area is 211 Å². The van der Waals surface area contributed by atoms with Crippen LogP contribution in [-0.4, -0.2) is 35.1 Å². The van der Waals surface area contributed by atoms with Crippen molar-refractivity contribution < 1.29 is 26.4 Å². The molecule has 7 nitrogen and oxygen atoms in total. The van der Waals surface area contributed by atoms with Gasteiger partial charge in [0.1, 0.15) is 11.3 Å². The number of alkyl halides is 3. The normalized spacial score (nSPS) is 14.2. The molecule has 0 spiro atoms. The lowest BCUT2D eigenvalue weighted by molar-refractivity contribution is -0.137. The smallest absolute Gasteiger partial charge is 0.348 e. The standard InChI is InChI=1S/C26H23F3N4O3S/c1-37(35,36)21-10-4-17(5-11-21)14-31-25(34)18-13-22-24(30-15-18)33(20-8-9-20)23(32-22)12-16-2-6-19(7-3-16)26(27,28)29/h2-7,10-11,13,15,20H,8-9,12,14H2,1H3,(H,31,34). The molecular formula is C26H23F3N4O3S. The molecule has 1 saturated carbocycles. The summed E-state index contributed by atoms with van der Waals surface area (Å²) in [5.41, 5.74) is 2.24. The number of amides is 1. The molecule has 1 fully saturated rings. The Morgan fingerprint density at radius 1 is 1.05 bits per heavy atom. The summed E-state index contributed by atoms with van der Waals surface area (Å²) in [7, 11) is -3.30. The fraction of sp³-hybridized carbons (Fsp3) is 0.269. The number of carbonyl (C=O) groups is 1. The monoisotopic (exact) mass is 528 g/mol. The summed E-state index contributed by atoms with van der Waals surface area (Å²) in [6.45, 7) is 0.205. The van der Waals surface area contributed by atoms with E-state index in [0.29, 0.717) is 34.5 Å². The number of pyridine rings is 1. The predicted octanol–water partition coefficient (Wildman–Crippen LogP) is 4.71. The van der Waals surface area contributed by atoms with Crippen LogP contribution in [0.3, 0.4) is 0 Å². The number of nitrogens with one attached hydrogen (secondary N) is 1. The lowest BCUT2D eigenvalue weighted by Gasteiger charge is -2.09. The Hall–Kier alpha value is -3.73. The fourth-order valence-corrected chi connectivity index (χ4v) is 4.76. The van der Waals surface area contributed by atoms with Gasteiger partial charge in [-0.3, -0.25) is 4.79 Å². The summed E-state index contributed by atoms with van der Waals surface area (Å²) in [4.78, 5) is 22.1. The van der Waals surface area contributed by atoms with Crippen molar-refractivity contribution in [1.82, 2.24) is 19.9 Å². The molecular weight excluding hydrogens is 505 g/mol. The first-order valence-corrected chi connectivity index (χ1v) is 13.5. The van der Waals surface area contributed by atoms with Crippen molar-refractivity contribution in [2.45, 2.75) is 42.9 Å². The second-order valence-corrected chi connectivity index (χ2v) is 11.2. The summed E-state index contributed by atoms with van der Waals surface area (Å²) in [6, 6.07) is 13.2. The van der Waals surface area contributed by atoms with E-state index in [1.165, 1.54) is 30.5 Å². The summed E-state index contributed by atoms with van der Waals surface area (Å²) < 4.78 is 63.9. The quantitative estimate of drug-likeness (QED) is 0.375. The molecule has 2 aromatic heterocycles. The second kappa shape index (κ2) is 9.29. The van der Waals surface area contributed by atoms with Crippen molar-refractivity contribution in [2.24, 2.45) is 0 Å². The average molecular weight is 529 g/mol. The van der Waals surface area contributed by atoms with Crippen molar-refractivity contribution in [3.63, 3.8) is 0 Å². The number of imidazole rings is 1. The van der Waals surface area contributed by atoms with E-state index in [0.717, 1.165) is 36.8 Å². The minimum absolute atomic E-state index is 0.204. The van der Waals surface area contributed by atoms with E-state index in [1.807, 2.05) is 4.57 Å². The maximum Gasteiger partial charge on any atom is 0.416 e. The zero-order valence-corrected chi connectivity index (χ0v) is 20.6. The van der Waals surface area contributed by atoms with Crippen LogP contribution in [0.25, 0.3) is 11.2 Å². The van der Waals surface area contributed by atoms with Crippen LogP contribution in [-0.2, 0) is 29.0 Å². The molecule has 192 valence electrons. The number of rotatable bonds is 7. The maximum absolute atomic E-state index is 12.9. The van der Waals surface area contributed by atoms with Crippen LogP contribution < -0.4 is 5.32 Å². The molecule has 1 amide bonds. The number of sulfone groups is 1. The van der Waals surface area contributed by atoms with Crippen LogP contribution in [0.1, 0.15) is 51.8 Å². The number of nitrogens with zero attached hydrogens (tertiary/aromatic N) is 3. The SMILES string of the molecule is CS(=O)(=O)c1ccc(CNC(=O)c2cnc3c(c2)nc(Cc2ccc(C(F)(F)F)cc2)n3C2CC2)cc1. The van der Waals surface area contributed by atoms with Crippen molar-refractivity contribution in [3.05, 3.63) is 88.9 Å². The fourth-order valence-electron chi connectivity index (χ4n) is 4.13. The molecule has 0 radical (unpaired) electrons. The van der Waals surface area contributed by atoms with Crippen molar-refractivity contribution in [2.75, 3.05) is 6.26 Å². The van der Waals surface area contributed by atoms with E-state index in [4.69, 9.17) is 0 Å². The largest absolute Gasteiger partial charge is 0.416 e. The molecule has 0 bridgehead atoms. The topological polar surface area (TPSA) is 93.9 Å². The number of benzene rings is 2. The third-order valence-electron chi connectivity index (χ3n) is 6.23. The minimum Gasteiger partial charge on any atom is -0.348 e. The number of hydrogen-bond donors (Lipinski definition) is 1. The first-order chi connectivity index (χ1) is 17.5. The van der Waals surface area contributed by atoms with Crippen molar-refractivity contribution in [1.29, 1.82) is 0 Å². The number of halogens is 3. The molecule has 11 heteroatoms. The predicted molar refractivity (Wildman–Crippen MR) is 131 cm³/mol.